The number of benzene rings is 1. The Bertz CT molecular complexity index is 502. The lowest BCUT2D eigenvalue weighted by molar-refractivity contribution is 0.00947. The molecule has 1 aromatic carbocycles. The van der Waals surface area contributed by atoms with E-state index in [1.165, 1.54) is 0 Å². The van der Waals surface area contributed by atoms with Crippen LogP contribution < -0.4 is 15.4 Å². The minimum Gasteiger partial charge on any atom is -0.491 e. The maximum atomic E-state index is 12.1. The minimum absolute atomic E-state index is 0.0255. The topological polar surface area (TPSA) is 59.6 Å². The molecule has 1 aliphatic rings. The molecule has 21 heavy (non-hydrogen) atoms. The van der Waals surface area contributed by atoms with Crippen LogP contribution >= 0.6 is 0 Å². The molecule has 2 unspecified atom stereocenters. The van der Waals surface area contributed by atoms with Crippen molar-refractivity contribution in [2.75, 3.05) is 13.7 Å². The van der Waals surface area contributed by atoms with Crippen molar-refractivity contribution in [3.8, 4) is 5.75 Å². The molecular formula is C16H24N2O3. The number of urea groups is 1. The van der Waals surface area contributed by atoms with Crippen LogP contribution in [0.25, 0.3) is 0 Å². The van der Waals surface area contributed by atoms with E-state index in [0.29, 0.717) is 6.61 Å². The van der Waals surface area contributed by atoms with Gasteiger partial charge in [-0.15, -0.1) is 0 Å². The maximum Gasteiger partial charge on any atom is 0.315 e. The van der Waals surface area contributed by atoms with Gasteiger partial charge in [0.05, 0.1) is 11.6 Å². The van der Waals surface area contributed by atoms with Crippen molar-refractivity contribution in [3.63, 3.8) is 0 Å². The SMILES string of the molecule is COC(C)(C)CC(C)NC(=O)NC1COc2ccccc21. The molecule has 0 radical (unpaired) electrons. The Balaban J connectivity index is 1.86. The zero-order chi connectivity index (χ0) is 15.5. The molecule has 2 N–H and O–H groups in total. The van der Waals surface area contributed by atoms with Crippen LogP contribution in [0.5, 0.6) is 5.75 Å². The van der Waals surface area contributed by atoms with Gasteiger partial charge in [-0.25, -0.2) is 4.79 Å². The molecule has 2 rings (SSSR count). The van der Waals surface area contributed by atoms with E-state index in [4.69, 9.17) is 9.47 Å². The maximum absolute atomic E-state index is 12.1. The van der Waals surface area contributed by atoms with Gasteiger partial charge in [-0.05, 0) is 33.3 Å². The van der Waals surface area contributed by atoms with Crippen molar-refractivity contribution in [2.24, 2.45) is 0 Å². The van der Waals surface area contributed by atoms with Crippen molar-refractivity contribution >= 4 is 6.03 Å². The molecule has 0 spiro atoms. The molecule has 1 aromatic rings. The van der Waals surface area contributed by atoms with Gasteiger partial charge in [0.25, 0.3) is 0 Å². The number of nitrogens with one attached hydrogen (secondary N) is 2. The van der Waals surface area contributed by atoms with Gasteiger partial charge in [0.15, 0.2) is 0 Å². The lowest BCUT2D eigenvalue weighted by Crippen LogP contribution is -2.45. The number of fused-ring (bicyclic) bond motifs is 1. The van der Waals surface area contributed by atoms with Crippen molar-refractivity contribution in [1.29, 1.82) is 0 Å². The molecule has 0 aromatic heterocycles. The first kappa shape index (κ1) is 15.6. The van der Waals surface area contributed by atoms with Crippen LogP contribution in [0.4, 0.5) is 4.79 Å². The average Bonchev–Trinajstić information content (AvgIpc) is 2.81. The zero-order valence-electron chi connectivity index (χ0n) is 13.1. The van der Waals surface area contributed by atoms with Crippen LogP contribution in [-0.4, -0.2) is 31.4 Å². The van der Waals surface area contributed by atoms with Gasteiger partial charge in [-0.3, -0.25) is 0 Å². The largest absolute Gasteiger partial charge is 0.491 e. The number of carbonyl (C=O) groups excluding carboxylic acids is 1. The highest BCUT2D eigenvalue weighted by atomic mass is 16.5. The third-order valence-electron chi connectivity index (χ3n) is 3.73. The summed E-state index contributed by atoms with van der Waals surface area (Å²) < 4.78 is 10.9. The van der Waals surface area contributed by atoms with Crippen LogP contribution in [0, 0.1) is 0 Å². The summed E-state index contributed by atoms with van der Waals surface area (Å²) >= 11 is 0. The van der Waals surface area contributed by atoms with Gasteiger partial charge < -0.3 is 20.1 Å². The fourth-order valence-corrected chi connectivity index (χ4v) is 2.58. The van der Waals surface area contributed by atoms with E-state index in [-0.39, 0.29) is 23.7 Å². The molecule has 0 bridgehead atoms. The van der Waals surface area contributed by atoms with E-state index in [2.05, 4.69) is 10.6 Å². The van der Waals surface area contributed by atoms with E-state index in [1.54, 1.807) is 7.11 Å². The van der Waals surface area contributed by atoms with Gasteiger partial charge in [-0.1, -0.05) is 18.2 Å². The van der Waals surface area contributed by atoms with Crippen LogP contribution in [0.3, 0.4) is 0 Å². The van der Waals surface area contributed by atoms with Gasteiger partial charge in [0.1, 0.15) is 12.4 Å². The molecule has 5 nitrogen and oxygen atoms in total. The quantitative estimate of drug-likeness (QED) is 0.877. The summed E-state index contributed by atoms with van der Waals surface area (Å²) in [6, 6.07) is 7.52. The second kappa shape index (κ2) is 6.35. The summed E-state index contributed by atoms with van der Waals surface area (Å²) in [7, 11) is 1.68. The Morgan fingerprint density at radius 2 is 2.19 bits per heavy atom. The lowest BCUT2D eigenvalue weighted by Gasteiger charge is -2.27. The van der Waals surface area contributed by atoms with Crippen molar-refractivity contribution in [3.05, 3.63) is 29.8 Å². The van der Waals surface area contributed by atoms with Gasteiger partial charge >= 0.3 is 6.03 Å². The van der Waals surface area contributed by atoms with E-state index in [1.807, 2.05) is 45.0 Å². The molecule has 0 saturated carbocycles. The number of hydrogen-bond acceptors (Lipinski definition) is 3. The summed E-state index contributed by atoms with van der Waals surface area (Å²) in [5.41, 5.74) is 0.771. The van der Waals surface area contributed by atoms with Crippen LogP contribution in [0.1, 0.15) is 38.8 Å². The molecule has 0 fully saturated rings. The molecule has 116 valence electrons. The van der Waals surface area contributed by atoms with Crippen LogP contribution in [0.2, 0.25) is 0 Å². The number of para-hydroxylation sites is 1. The van der Waals surface area contributed by atoms with E-state index < -0.39 is 0 Å². The third-order valence-corrected chi connectivity index (χ3v) is 3.73. The molecule has 1 aliphatic heterocycles. The number of amides is 2. The predicted molar refractivity (Wildman–Crippen MR) is 81.5 cm³/mol. The zero-order valence-corrected chi connectivity index (χ0v) is 13.1. The van der Waals surface area contributed by atoms with Gasteiger partial charge in [0, 0.05) is 18.7 Å². The number of hydrogen-bond donors (Lipinski definition) is 2. The first-order valence-corrected chi connectivity index (χ1v) is 7.25. The average molecular weight is 292 g/mol. The lowest BCUT2D eigenvalue weighted by atomic mass is 10.00. The minimum atomic E-state index is -0.254. The molecule has 1 heterocycles. The number of methoxy groups -OCH3 is 1. The van der Waals surface area contributed by atoms with Crippen LogP contribution in [-0.2, 0) is 4.74 Å². The van der Waals surface area contributed by atoms with E-state index in [9.17, 15) is 4.79 Å². The highest BCUT2D eigenvalue weighted by Gasteiger charge is 2.26. The highest BCUT2D eigenvalue weighted by molar-refractivity contribution is 5.75. The monoisotopic (exact) mass is 292 g/mol. The summed E-state index contributed by atoms with van der Waals surface area (Å²) in [6.07, 6.45) is 0.745. The van der Waals surface area contributed by atoms with Crippen LogP contribution in [0.15, 0.2) is 24.3 Å². The molecule has 0 aliphatic carbocycles. The second-order valence-corrected chi connectivity index (χ2v) is 6.09. The number of rotatable bonds is 5. The highest BCUT2D eigenvalue weighted by Crippen LogP contribution is 2.31. The summed E-state index contributed by atoms with van der Waals surface area (Å²) in [6.45, 7) is 6.46. The first-order chi connectivity index (χ1) is 9.91. The third kappa shape index (κ3) is 4.11. The van der Waals surface area contributed by atoms with Crippen molar-refractivity contribution in [1.82, 2.24) is 10.6 Å². The number of carbonyl (C=O) groups is 1. The normalized spacial score (nSPS) is 18.6. The Kier molecular flexibility index (Phi) is 4.73. The molecular weight excluding hydrogens is 268 g/mol. The summed E-state index contributed by atoms with van der Waals surface area (Å²) in [4.78, 5) is 12.1. The molecule has 2 atom stereocenters. The smallest absolute Gasteiger partial charge is 0.315 e. The Morgan fingerprint density at radius 1 is 1.48 bits per heavy atom. The van der Waals surface area contributed by atoms with Gasteiger partial charge in [-0.2, -0.15) is 0 Å². The molecule has 2 amide bonds. The summed E-state index contributed by atoms with van der Waals surface area (Å²) in [5, 5.41) is 5.90. The van der Waals surface area contributed by atoms with Gasteiger partial charge in [0.2, 0.25) is 0 Å². The first-order valence-electron chi connectivity index (χ1n) is 7.25. The molecule has 5 heteroatoms. The van der Waals surface area contributed by atoms with Crippen molar-refractivity contribution in [2.45, 2.75) is 44.9 Å². The Morgan fingerprint density at radius 3 is 2.90 bits per heavy atom. The van der Waals surface area contributed by atoms with E-state index in [0.717, 1.165) is 17.7 Å². The standard InChI is InChI=1S/C16H24N2O3/c1-11(9-16(2,3)20-4)17-15(19)18-13-10-21-14-8-6-5-7-12(13)14/h5-8,11,13H,9-10H2,1-4H3,(H2,17,18,19). The fraction of sp³-hybridized carbons (Fsp3) is 0.562. The number of ether oxygens (including phenoxy) is 2. The Hall–Kier alpha value is -1.75. The van der Waals surface area contributed by atoms with Crippen molar-refractivity contribution < 1.29 is 14.3 Å². The second-order valence-electron chi connectivity index (χ2n) is 6.09. The van der Waals surface area contributed by atoms with E-state index >= 15 is 0 Å². The predicted octanol–water partition coefficient (Wildman–Crippen LogP) is 2.62. The Labute approximate surface area is 126 Å². The fourth-order valence-electron chi connectivity index (χ4n) is 2.58. The summed E-state index contributed by atoms with van der Waals surface area (Å²) in [5.74, 6) is 0.844. The molecule has 0 saturated heterocycles.